The van der Waals surface area contributed by atoms with E-state index < -0.39 is 0 Å². The minimum Gasteiger partial charge on any atom is -0.441 e. The van der Waals surface area contributed by atoms with E-state index in [0.29, 0.717) is 5.41 Å². The van der Waals surface area contributed by atoms with Gasteiger partial charge in [-0.05, 0) is 42.5 Å². The van der Waals surface area contributed by atoms with E-state index in [4.69, 9.17) is 10.2 Å². The zero-order chi connectivity index (χ0) is 12.6. The predicted octanol–water partition coefficient (Wildman–Crippen LogP) is 1.96. The molecule has 1 aliphatic carbocycles. The van der Waals surface area contributed by atoms with Crippen LogP contribution in [0.25, 0.3) is 11.1 Å². The van der Waals surface area contributed by atoms with Gasteiger partial charge in [-0.2, -0.15) is 0 Å². The molecule has 96 valence electrons. The molecule has 2 aromatic rings. The summed E-state index contributed by atoms with van der Waals surface area (Å²) in [4.78, 5) is 4.34. The molecule has 0 aliphatic heterocycles. The second-order valence-electron chi connectivity index (χ2n) is 5.34. The molecule has 0 atom stereocenters. The van der Waals surface area contributed by atoms with Gasteiger partial charge in [0.1, 0.15) is 5.52 Å². The van der Waals surface area contributed by atoms with Crippen molar-refractivity contribution in [2.75, 3.05) is 13.1 Å². The average molecular weight is 245 g/mol. The Morgan fingerprint density at radius 3 is 3.00 bits per heavy atom. The van der Waals surface area contributed by atoms with Crippen molar-refractivity contribution in [3.63, 3.8) is 0 Å². The van der Waals surface area contributed by atoms with Gasteiger partial charge in [0.05, 0.1) is 0 Å². The van der Waals surface area contributed by atoms with Crippen LogP contribution in [0.1, 0.15) is 24.3 Å². The van der Waals surface area contributed by atoms with Crippen molar-refractivity contribution in [3.05, 3.63) is 29.7 Å². The van der Waals surface area contributed by atoms with Crippen molar-refractivity contribution >= 4 is 11.1 Å². The van der Waals surface area contributed by atoms with Gasteiger partial charge in [-0.25, -0.2) is 4.98 Å². The zero-order valence-electron chi connectivity index (χ0n) is 10.7. The quantitative estimate of drug-likeness (QED) is 0.845. The van der Waals surface area contributed by atoms with Crippen molar-refractivity contribution in [2.45, 2.75) is 26.3 Å². The van der Waals surface area contributed by atoms with Crippen molar-refractivity contribution in [1.29, 1.82) is 0 Å². The highest BCUT2D eigenvalue weighted by molar-refractivity contribution is 5.73. The smallest absolute Gasteiger partial charge is 0.192 e. The van der Waals surface area contributed by atoms with Gasteiger partial charge in [-0.3, -0.25) is 0 Å². The van der Waals surface area contributed by atoms with Crippen LogP contribution in [0, 0.1) is 12.3 Å². The van der Waals surface area contributed by atoms with Crippen molar-refractivity contribution in [2.24, 2.45) is 11.1 Å². The SMILES string of the molecule is Cc1nc2cc(CNCC3(CN)CC3)ccc2o1. The topological polar surface area (TPSA) is 64.1 Å². The van der Waals surface area contributed by atoms with Crippen LogP contribution in [0.15, 0.2) is 22.6 Å². The number of benzene rings is 1. The molecule has 3 rings (SSSR count). The summed E-state index contributed by atoms with van der Waals surface area (Å²) in [5, 5.41) is 3.49. The first-order chi connectivity index (χ1) is 8.71. The standard InChI is InChI=1S/C14H19N3O/c1-10-17-12-6-11(2-3-13(12)18-10)7-16-9-14(8-15)4-5-14/h2-3,6,16H,4-5,7-9,15H2,1H3. The van der Waals surface area contributed by atoms with Gasteiger partial charge < -0.3 is 15.5 Å². The van der Waals surface area contributed by atoms with Gasteiger partial charge in [0.25, 0.3) is 0 Å². The molecular formula is C14H19N3O. The maximum atomic E-state index is 5.76. The van der Waals surface area contributed by atoms with Crippen LogP contribution in [-0.2, 0) is 6.54 Å². The summed E-state index contributed by atoms with van der Waals surface area (Å²) >= 11 is 0. The van der Waals surface area contributed by atoms with Crippen LogP contribution < -0.4 is 11.1 Å². The minimum atomic E-state index is 0.384. The minimum absolute atomic E-state index is 0.384. The lowest BCUT2D eigenvalue weighted by molar-refractivity contribution is 0.468. The highest BCUT2D eigenvalue weighted by atomic mass is 16.3. The number of rotatable bonds is 5. The molecule has 1 saturated carbocycles. The van der Waals surface area contributed by atoms with Gasteiger partial charge >= 0.3 is 0 Å². The fraction of sp³-hybridized carbons (Fsp3) is 0.500. The van der Waals surface area contributed by atoms with E-state index >= 15 is 0 Å². The Hall–Kier alpha value is -1.39. The summed E-state index contributed by atoms with van der Waals surface area (Å²) < 4.78 is 5.46. The van der Waals surface area contributed by atoms with Gasteiger partial charge in [0, 0.05) is 20.0 Å². The number of aromatic nitrogens is 1. The molecule has 3 N–H and O–H groups in total. The molecule has 1 heterocycles. The zero-order valence-corrected chi connectivity index (χ0v) is 10.7. The van der Waals surface area contributed by atoms with E-state index in [1.165, 1.54) is 18.4 Å². The third-order valence-corrected chi connectivity index (χ3v) is 3.78. The second kappa shape index (κ2) is 4.37. The van der Waals surface area contributed by atoms with E-state index in [0.717, 1.165) is 36.6 Å². The molecule has 0 amide bonds. The first-order valence-corrected chi connectivity index (χ1v) is 6.48. The molecule has 1 aromatic carbocycles. The number of nitrogens with one attached hydrogen (secondary N) is 1. The maximum Gasteiger partial charge on any atom is 0.192 e. The molecule has 4 nitrogen and oxygen atoms in total. The Kier molecular flexibility index (Phi) is 2.84. The molecule has 0 bridgehead atoms. The molecular weight excluding hydrogens is 226 g/mol. The van der Waals surface area contributed by atoms with Crippen LogP contribution in [0.5, 0.6) is 0 Å². The highest BCUT2D eigenvalue weighted by Gasteiger charge is 2.40. The molecule has 1 aliphatic rings. The molecule has 0 unspecified atom stereocenters. The Bertz CT molecular complexity index is 557. The lowest BCUT2D eigenvalue weighted by Crippen LogP contribution is -2.29. The van der Waals surface area contributed by atoms with E-state index in [1.807, 2.05) is 13.0 Å². The summed E-state index contributed by atoms with van der Waals surface area (Å²) in [5.41, 5.74) is 9.18. The number of nitrogens with two attached hydrogens (primary N) is 1. The molecule has 0 saturated heterocycles. The van der Waals surface area contributed by atoms with Gasteiger partial charge in [-0.1, -0.05) is 6.07 Å². The van der Waals surface area contributed by atoms with Crippen molar-refractivity contribution in [3.8, 4) is 0 Å². The first kappa shape index (κ1) is 11.7. The van der Waals surface area contributed by atoms with Crippen LogP contribution in [-0.4, -0.2) is 18.1 Å². The lowest BCUT2D eigenvalue weighted by atomic mass is 10.1. The summed E-state index contributed by atoms with van der Waals surface area (Å²) in [5.74, 6) is 0.718. The average Bonchev–Trinajstić information content (AvgIpc) is 3.04. The van der Waals surface area contributed by atoms with E-state index in [2.05, 4.69) is 22.4 Å². The first-order valence-electron chi connectivity index (χ1n) is 6.48. The summed E-state index contributed by atoms with van der Waals surface area (Å²) in [6, 6.07) is 6.16. The normalized spacial score (nSPS) is 17.2. The van der Waals surface area contributed by atoms with E-state index in [1.54, 1.807) is 0 Å². The Labute approximate surface area is 107 Å². The second-order valence-corrected chi connectivity index (χ2v) is 5.34. The summed E-state index contributed by atoms with van der Waals surface area (Å²) in [7, 11) is 0. The van der Waals surface area contributed by atoms with E-state index in [-0.39, 0.29) is 0 Å². The number of oxazole rings is 1. The molecule has 0 radical (unpaired) electrons. The summed E-state index contributed by atoms with van der Waals surface area (Å²) in [6.07, 6.45) is 2.52. The van der Waals surface area contributed by atoms with Crippen LogP contribution >= 0.6 is 0 Å². The van der Waals surface area contributed by atoms with Gasteiger partial charge in [-0.15, -0.1) is 0 Å². The number of hydrogen-bond acceptors (Lipinski definition) is 4. The lowest BCUT2D eigenvalue weighted by Gasteiger charge is -2.13. The number of aryl methyl sites for hydroxylation is 1. The Balaban J connectivity index is 1.63. The monoisotopic (exact) mass is 245 g/mol. The highest BCUT2D eigenvalue weighted by Crippen LogP contribution is 2.43. The Morgan fingerprint density at radius 2 is 2.28 bits per heavy atom. The third-order valence-electron chi connectivity index (χ3n) is 3.78. The van der Waals surface area contributed by atoms with Crippen LogP contribution in [0.3, 0.4) is 0 Å². The van der Waals surface area contributed by atoms with Crippen molar-refractivity contribution in [1.82, 2.24) is 10.3 Å². The molecule has 1 aromatic heterocycles. The van der Waals surface area contributed by atoms with Crippen molar-refractivity contribution < 1.29 is 4.42 Å². The largest absolute Gasteiger partial charge is 0.441 e. The van der Waals surface area contributed by atoms with Gasteiger partial charge in [0.2, 0.25) is 0 Å². The molecule has 0 spiro atoms. The number of fused-ring (bicyclic) bond motifs is 1. The molecule has 4 heteroatoms. The predicted molar refractivity (Wildman–Crippen MR) is 71.2 cm³/mol. The third kappa shape index (κ3) is 2.26. The maximum absolute atomic E-state index is 5.76. The fourth-order valence-electron chi connectivity index (χ4n) is 2.30. The molecule has 18 heavy (non-hydrogen) atoms. The summed E-state index contributed by atoms with van der Waals surface area (Å²) in [6.45, 7) is 4.54. The van der Waals surface area contributed by atoms with E-state index in [9.17, 15) is 0 Å². The number of hydrogen-bond donors (Lipinski definition) is 2. The van der Waals surface area contributed by atoms with Gasteiger partial charge in [0.15, 0.2) is 11.5 Å². The number of nitrogens with zero attached hydrogens (tertiary/aromatic N) is 1. The van der Waals surface area contributed by atoms with Crippen LogP contribution in [0.2, 0.25) is 0 Å². The van der Waals surface area contributed by atoms with Crippen LogP contribution in [0.4, 0.5) is 0 Å². The molecule has 1 fully saturated rings. The fourth-order valence-corrected chi connectivity index (χ4v) is 2.30. The Morgan fingerprint density at radius 1 is 1.44 bits per heavy atom.